The lowest BCUT2D eigenvalue weighted by Gasteiger charge is -2.34. The van der Waals surface area contributed by atoms with Crippen LogP contribution in [0.2, 0.25) is 0 Å². The summed E-state index contributed by atoms with van der Waals surface area (Å²) in [7, 11) is 0. The number of hydrogen-bond acceptors (Lipinski definition) is 4. The van der Waals surface area contributed by atoms with Gasteiger partial charge < -0.3 is 20.1 Å². The first-order valence-corrected chi connectivity index (χ1v) is 7.93. The molecular weight excluding hydrogens is 272 g/mol. The van der Waals surface area contributed by atoms with Gasteiger partial charge in [0.15, 0.2) is 0 Å². The van der Waals surface area contributed by atoms with Crippen LogP contribution in [-0.4, -0.2) is 60.8 Å². The van der Waals surface area contributed by atoms with Crippen molar-refractivity contribution in [1.29, 1.82) is 0 Å². The molecule has 21 heavy (non-hydrogen) atoms. The van der Waals surface area contributed by atoms with Crippen molar-refractivity contribution in [3.63, 3.8) is 0 Å². The zero-order valence-corrected chi connectivity index (χ0v) is 12.7. The maximum Gasteiger partial charge on any atom is 0.303 e. The van der Waals surface area contributed by atoms with E-state index in [1.165, 1.54) is 0 Å². The molecule has 6 heteroatoms. The molecule has 0 saturated carbocycles. The summed E-state index contributed by atoms with van der Waals surface area (Å²) in [6.07, 6.45) is 2.79. The molecule has 2 N–H and O–H groups in total. The molecule has 0 aromatic rings. The van der Waals surface area contributed by atoms with E-state index in [1.807, 2.05) is 11.8 Å². The van der Waals surface area contributed by atoms with Gasteiger partial charge in [0, 0.05) is 25.6 Å². The Kier molecular flexibility index (Phi) is 5.99. The van der Waals surface area contributed by atoms with Crippen molar-refractivity contribution in [3.8, 4) is 0 Å². The normalized spacial score (nSPS) is 27.0. The third-order valence-corrected chi connectivity index (χ3v) is 4.56. The van der Waals surface area contributed by atoms with Crippen LogP contribution < -0.4 is 5.32 Å². The first kappa shape index (κ1) is 16.2. The summed E-state index contributed by atoms with van der Waals surface area (Å²) in [5.74, 6) is -0.171. The van der Waals surface area contributed by atoms with E-state index in [4.69, 9.17) is 9.84 Å². The maximum absolute atomic E-state index is 12.6. The van der Waals surface area contributed by atoms with Crippen molar-refractivity contribution in [1.82, 2.24) is 10.2 Å². The average molecular weight is 298 g/mol. The topological polar surface area (TPSA) is 78.9 Å². The SMILES string of the molecule is CCNC1COCC1C(=O)N1CCC(CCC(=O)O)CC1. The van der Waals surface area contributed by atoms with Crippen molar-refractivity contribution in [2.75, 3.05) is 32.8 Å². The number of carbonyl (C=O) groups excluding carboxylic acids is 1. The lowest BCUT2D eigenvalue weighted by atomic mass is 9.91. The summed E-state index contributed by atoms with van der Waals surface area (Å²) in [6, 6.07) is 0.132. The Morgan fingerprint density at radius 1 is 1.29 bits per heavy atom. The van der Waals surface area contributed by atoms with Crippen LogP contribution in [-0.2, 0) is 14.3 Å². The van der Waals surface area contributed by atoms with Gasteiger partial charge in [0.1, 0.15) is 0 Å². The quantitative estimate of drug-likeness (QED) is 0.755. The molecule has 0 spiro atoms. The van der Waals surface area contributed by atoms with E-state index < -0.39 is 5.97 Å². The van der Waals surface area contributed by atoms with Crippen LogP contribution in [0.4, 0.5) is 0 Å². The van der Waals surface area contributed by atoms with E-state index in [9.17, 15) is 9.59 Å². The molecule has 2 heterocycles. The van der Waals surface area contributed by atoms with Crippen LogP contribution in [0.1, 0.15) is 32.6 Å². The molecule has 2 aliphatic heterocycles. The fourth-order valence-electron chi connectivity index (χ4n) is 3.27. The van der Waals surface area contributed by atoms with E-state index >= 15 is 0 Å². The molecule has 1 amide bonds. The van der Waals surface area contributed by atoms with Crippen molar-refractivity contribution >= 4 is 11.9 Å². The summed E-state index contributed by atoms with van der Waals surface area (Å²) in [4.78, 5) is 25.1. The minimum atomic E-state index is -0.731. The van der Waals surface area contributed by atoms with Crippen molar-refractivity contribution in [3.05, 3.63) is 0 Å². The average Bonchev–Trinajstić information content (AvgIpc) is 2.93. The Bertz CT molecular complexity index is 367. The predicted molar refractivity (Wildman–Crippen MR) is 77.9 cm³/mol. The highest BCUT2D eigenvalue weighted by atomic mass is 16.5. The van der Waals surface area contributed by atoms with Crippen molar-refractivity contribution in [2.45, 2.75) is 38.6 Å². The number of carboxylic acids is 1. The number of hydrogen-bond donors (Lipinski definition) is 2. The summed E-state index contributed by atoms with van der Waals surface area (Å²) >= 11 is 0. The lowest BCUT2D eigenvalue weighted by molar-refractivity contribution is -0.139. The molecule has 2 rings (SSSR count). The minimum absolute atomic E-state index is 0.0690. The number of carboxylic acid groups (broad SMARTS) is 1. The fraction of sp³-hybridized carbons (Fsp3) is 0.867. The number of carbonyl (C=O) groups is 2. The number of nitrogens with zero attached hydrogens (tertiary/aromatic N) is 1. The second kappa shape index (κ2) is 7.75. The number of piperidine rings is 1. The standard InChI is InChI=1S/C15H26N2O4/c1-2-16-13-10-21-9-12(13)15(20)17-7-5-11(6-8-17)3-4-14(18)19/h11-13,16H,2-10H2,1H3,(H,18,19). The largest absolute Gasteiger partial charge is 0.481 e. The highest BCUT2D eigenvalue weighted by Gasteiger charge is 2.37. The first-order valence-electron chi connectivity index (χ1n) is 7.93. The van der Waals surface area contributed by atoms with Gasteiger partial charge in [-0.05, 0) is 31.7 Å². The van der Waals surface area contributed by atoms with E-state index in [-0.39, 0.29) is 24.3 Å². The van der Waals surface area contributed by atoms with Crippen LogP contribution in [0.25, 0.3) is 0 Å². The maximum atomic E-state index is 12.6. The molecule has 0 aliphatic carbocycles. The zero-order valence-electron chi connectivity index (χ0n) is 12.7. The Morgan fingerprint density at radius 3 is 2.62 bits per heavy atom. The van der Waals surface area contributed by atoms with E-state index in [2.05, 4.69) is 5.32 Å². The highest BCUT2D eigenvalue weighted by Crippen LogP contribution is 2.25. The number of rotatable bonds is 6. The first-order chi connectivity index (χ1) is 10.1. The lowest BCUT2D eigenvalue weighted by Crippen LogP contribution is -2.48. The van der Waals surface area contributed by atoms with Gasteiger partial charge in [0.05, 0.1) is 19.1 Å². The van der Waals surface area contributed by atoms with Crippen LogP contribution in [0, 0.1) is 11.8 Å². The van der Waals surface area contributed by atoms with Crippen LogP contribution in [0.15, 0.2) is 0 Å². The smallest absolute Gasteiger partial charge is 0.303 e. The van der Waals surface area contributed by atoms with Gasteiger partial charge >= 0.3 is 5.97 Å². The van der Waals surface area contributed by atoms with Gasteiger partial charge in [-0.1, -0.05) is 6.92 Å². The second-order valence-electron chi connectivity index (χ2n) is 6.01. The van der Waals surface area contributed by atoms with Crippen LogP contribution in [0.5, 0.6) is 0 Å². The molecule has 120 valence electrons. The summed E-state index contributed by atoms with van der Waals surface area (Å²) in [5.41, 5.74) is 0. The molecule has 2 unspecified atom stereocenters. The number of likely N-dealkylation sites (tertiary alicyclic amines) is 1. The van der Waals surface area contributed by atoms with E-state index in [0.717, 1.165) is 38.9 Å². The molecular formula is C15H26N2O4. The molecule has 0 aromatic heterocycles. The van der Waals surface area contributed by atoms with Crippen LogP contribution in [0.3, 0.4) is 0 Å². The van der Waals surface area contributed by atoms with Gasteiger partial charge in [-0.25, -0.2) is 0 Å². The molecule has 2 saturated heterocycles. The monoisotopic (exact) mass is 298 g/mol. The molecule has 0 radical (unpaired) electrons. The predicted octanol–water partition coefficient (Wildman–Crippen LogP) is 0.714. The fourth-order valence-corrected chi connectivity index (χ4v) is 3.27. The number of nitrogens with one attached hydrogen (secondary N) is 1. The summed E-state index contributed by atoms with van der Waals surface area (Å²) in [5, 5.41) is 12.0. The number of aliphatic carboxylic acids is 1. The molecule has 2 atom stereocenters. The third-order valence-electron chi connectivity index (χ3n) is 4.56. The van der Waals surface area contributed by atoms with Crippen molar-refractivity contribution in [2.24, 2.45) is 11.8 Å². The second-order valence-corrected chi connectivity index (χ2v) is 6.01. The minimum Gasteiger partial charge on any atom is -0.481 e. The third kappa shape index (κ3) is 4.41. The Balaban J connectivity index is 1.78. The number of ether oxygens (including phenoxy) is 1. The van der Waals surface area contributed by atoms with Gasteiger partial charge in [0.2, 0.25) is 5.91 Å². The summed E-state index contributed by atoms with van der Waals surface area (Å²) < 4.78 is 5.45. The van der Waals surface area contributed by atoms with Gasteiger partial charge in [0.25, 0.3) is 0 Å². The van der Waals surface area contributed by atoms with E-state index in [1.54, 1.807) is 0 Å². The Morgan fingerprint density at radius 2 is 2.00 bits per heavy atom. The number of amides is 1. The van der Waals surface area contributed by atoms with Crippen molar-refractivity contribution < 1.29 is 19.4 Å². The molecule has 6 nitrogen and oxygen atoms in total. The van der Waals surface area contributed by atoms with Gasteiger partial charge in [-0.15, -0.1) is 0 Å². The van der Waals surface area contributed by atoms with Gasteiger partial charge in [-0.2, -0.15) is 0 Å². The highest BCUT2D eigenvalue weighted by molar-refractivity contribution is 5.80. The Hall–Kier alpha value is -1.14. The summed E-state index contributed by atoms with van der Waals surface area (Å²) in [6.45, 7) is 5.49. The van der Waals surface area contributed by atoms with Crippen LogP contribution >= 0.6 is 0 Å². The number of likely N-dealkylation sites (N-methyl/N-ethyl adjacent to an activating group) is 1. The zero-order chi connectivity index (χ0) is 15.2. The molecule has 0 bridgehead atoms. The van der Waals surface area contributed by atoms with Gasteiger partial charge in [-0.3, -0.25) is 9.59 Å². The molecule has 2 fully saturated rings. The molecule has 0 aromatic carbocycles. The van der Waals surface area contributed by atoms with E-state index in [0.29, 0.717) is 19.1 Å². The Labute approximate surface area is 125 Å². The molecule has 2 aliphatic rings.